The molecule has 1 rings (SSSR count). The summed E-state index contributed by atoms with van der Waals surface area (Å²) in [6.45, 7) is 4.91. The van der Waals surface area contributed by atoms with Crippen molar-refractivity contribution in [3.63, 3.8) is 0 Å². The van der Waals surface area contributed by atoms with Gasteiger partial charge in [-0.15, -0.1) is 0 Å². The molecule has 86 valence electrons. The minimum atomic E-state index is -0.334. The topological polar surface area (TPSA) is 67.3 Å². The first-order valence-electron chi connectivity index (χ1n) is 5.24. The van der Waals surface area contributed by atoms with Gasteiger partial charge >= 0.3 is 0 Å². The molecule has 5 nitrogen and oxygen atoms in total. The summed E-state index contributed by atoms with van der Waals surface area (Å²) in [7, 11) is 2.07. The van der Waals surface area contributed by atoms with E-state index in [1.165, 1.54) is 0 Å². The molecule has 0 fully saturated rings. The highest BCUT2D eigenvalue weighted by Crippen LogP contribution is 2.08. The third-order valence-electron chi connectivity index (χ3n) is 2.58. The van der Waals surface area contributed by atoms with Crippen molar-refractivity contribution in [1.82, 2.24) is 14.5 Å². The fourth-order valence-corrected chi connectivity index (χ4v) is 1.36. The number of aliphatic hydroxyl groups is 1. The average Bonchev–Trinajstić information content (AvgIpc) is 2.72. The molecule has 1 aromatic heterocycles. The van der Waals surface area contributed by atoms with Crippen molar-refractivity contribution in [1.29, 1.82) is 0 Å². The molecule has 0 saturated carbocycles. The number of likely N-dealkylation sites (N-methyl/N-ethyl adjacent to an activating group) is 1. The normalized spacial score (nSPS) is 13.4. The molecule has 0 saturated heterocycles. The lowest BCUT2D eigenvalue weighted by molar-refractivity contribution is 0.261. The van der Waals surface area contributed by atoms with Crippen LogP contribution in [-0.4, -0.2) is 46.3 Å². The van der Waals surface area contributed by atoms with Crippen molar-refractivity contribution < 1.29 is 5.11 Å². The van der Waals surface area contributed by atoms with Gasteiger partial charge in [-0.05, 0) is 13.6 Å². The van der Waals surface area contributed by atoms with Crippen LogP contribution in [0.25, 0.3) is 0 Å². The third kappa shape index (κ3) is 3.30. The number of nitrogens with zero attached hydrogens (tertiary/aromatic N) is 3. The lowest BCUT2D eigenvalue weighted by Gasteiger charge is -2.17. The van der Waals surface area contributed by atoms with Gasteiger partial charge in [-0.25, -0.2) is 4.98 Å². The molecule has 0 aromatic carbocycles. The minimum absolute atomic E-state index is 0.0463. The second-order valence-corrected chi connectivity index (χ2v) is 3.70. The van der Waals surface area contributed by atoms with Crippen molar-refractivity contribution in [2.24, 2.45) is 5.73 Å². The molecule has 0 amide bonds. The second kappa shape index (κ2) is 5.85. The Kier molecular flexibility index (Phi) is 4.74. The first kappa shape index (κ1) is 12.2. The van der Waals surface area contributed by atoms with E-state index in [4.69, 9.17) is 10.8 Å². The molecule has 1 unspecified atom stereocenters. The van der Waals surface area contributed by atoms with Crippen molar-refractivity contribution in [3.05, 3.63) is 18.2 Å². The van der Waals surface area contributed by atoms with Crippen LogP contribution in [0.4, 0.5) is 0 Å². The molecule has 0 radical (unpaired) electrons. The van der Waals surface area contributed by atoms with E-state index in [-0.39, 0.29) is 12.6 Å². The van der Waals surface area contributed by atoms with Gasteiger partial charge in [0.15, 0.2) is 0 Å². The zero-order valence-corrected chi connectivity index (χ0v) is 9.43. The predicted octanol–water partition coefficient (Wildman–Crippen LogP) is -0.173. The highest BCUT2D eigenvalue weighted by Gasteiger charge is 2.10. The minimum Gasteiger partial charge on any atom is -0.394 e. The van der Waals surface area contributed by atoms with Crippen LogP contribution in [0.5, 0.6) is 0 Å². The fraction of sp³-hybridized carbons (Fsp3) is 0.700. The van der Waals surface area contributed by atoms with Crippen molar-refractivity contribution in [2.45, 2.75) is 19.5 Å². The zero-order chi connectivity index (χ0) is 11.3. The van der Waals surface area contributed by atoms with E-state index in [1.807, 2.05) is 4.57 Å². The van der Waals surface area contributed by atoms with Crippen LogP contribution in [0, 0.1) is 0 Å². The maximum absolute atomic E-state index is 8.98. The van der Waals surface area contributed by atoms with E-state index in [0.717, 1.165) is 25.3 Å². The van der Waals surface area contributed by atoms with Gasteiger partial charge in [0.2, 0.25) is 0 Å². The Morgan fingerprint density at radius 1 is 1.67 bits per heavy atom. The van der Waals surface area contributed by atoms with Gasteiger partial charge in [-0.2, -0.15) is 0 Å². The SMILES string of the molecule is CCN(C)CCn1cncc1C(N)CO. The van der Waals surface area contributed by atoms with Crippen LogP contribution in [0.2, 0.25) is 0 Å². The molecule has 0 bridgehead atoms. The average molecular weight is 212 g/mol. The molecular formula is C10H20N4O. The lowest BCUT2D eigenvalue weighted by atomic mass is 10.2. The summed E-state index contributed by atoms with van der Waals surface area (Å²) in [6.07, 6.45) is 3.47. The van der Waals surface area contributed by atoms with E-state index < -0.39 is 0 Å². The smallest absolute Gasteiger partial charge is 0.0949 e. The number of nitrogens with two attached hydrogens (primary N) is 1. The number of aromatic nitrogens is 2. The van der Waals surface area contributed by atoms with Gasteiger partial charge in [0.05, 0.1) is 24.7 Å². The molecule has 3 N–H and O–H groups in total. The maximum atomic E-state index is 8.98. The molecule has 1 atom stereocenters. The summed E-state index contributed by atoms with van der Waals surface area (Å²) in [5.74, 6) is 0. The summed E-state index contributed by atoms with van der Waals surface area (Å²) in [5.41, 5.74) is 6.64. The van der Waals surface area contributed by atoms with Crippen LogP contribution >= 0.6 is 0 Å². The molecule has 0 aliphatic rings. The van der Waals surface area contributed by atoms with Crippen LogP contribution in [-0.2, 0) is 6.54 Å². The standard InChI is InChI=1S/C10H20N4O/c1-3-13(2)4-5-14-8-12-6-10(14)9(11)7-15/h6,8-9,15H,3-5,7,11H2,1-2H3. The largest absolute Gasteiger partial charge is 0.394 e. The Morgan fingerprint density at radius 2 is 2.40 bits per heavy atom. The highest BCUT2D eigenvalue weighted by atomic mass is 16.3. The lowest BCUT2D eigenvalue weighted by Crippen LogP contribution is -2.25. The molecule has 0 aliphatic carbocycles. The van der Waals surface area contributed by atoms with Crippen LogP contribution < -0.4 is 5.73 Å². The number of hydrogen-bond acceptors (Lipinski definition) is 4. The fourth-order valence-electron chi connectivity index (χ4n) is 1.36. The second-order valence-electron chi connectivity index (χ2n) is 3.70. The number of hydrogen-bond donors (Lipinski definition) is 2. The molecular weight excluding hydrogens is 192 g/mol. The Morgan fingerprint density at radius 3 is 3.00 bits per heavy atom. The van der Waals surface area contributed by atoms with Crippen molar-refractivity contribution in [2.75, 3.05) is 26.7 Å². The molecule has 0 aliphatic heterocycles. The summed E-state index contributed by atoms with van der Waals surface area (Å²) in [5, 5.41) is 8.98. The molecule has 1 heterocycles. The molecule has 15 heavy (non-hydrogen) atoms. The Balaban J connectivity index is 2.57. The number of rotatable bonds is 6. The van der Waals surface area contributed by atoms with Gasteiger partial charge in [0.1, 0.15) is 0 Å². The van der Waals surface area contributed by atoms with Crippen LogP contribution in [0.3, 0.4) is 0 Å². The molecule has 1 aromatic rings. The first-order valence-corrected chi connectivity index (χ1v) is 5.24. The van der Waals surface area contributed by atoms with E-state index >= 15 is 0 Å². The third-order valence-corrected chi connectivity index (χ3v) is 2.58. The van der Waals surface area contributed by atoms with Gasteiger partial charge in [0, 0.05) is 19.3 Å². The van der Waals surface area contributed by atoms with Gasteiger partial charge in [-0.3, -0.25) is 0 Å². The summed E-state index contributed by atoms with van der Waals surface area (Å²) >= 11 is 0. The van der Waals surface area contributed by atoms with Gasteiger partial charge in [-0.1, -0.05) is 6.92 Å². The summed E-state index contributed by atoms with van der Waals surface area (Å²) < 4.78 is 1.99. The van der Waals surface area contributed by atoms with Crippen molar-refractivity contribution in [3.8, 4) is 0 Å². The number of aliphatic hydroxyl groups excluding tert-OH is 1. The Bertz CT molecular complexity index is 287. The monoisotopic (exact) mass is 212 g/mol. The van der Waals surface area contributed by atoms with Gasteiger partial charge < -0.3 is 20.3 Å². The first-order chi connectivity index (χ1) is 7.19. The van der Waals surface area contributed by atoms with Crippen LogP contribution in [0.15, 0.2) is 12.5 Å². The number of imidazole rings is 1. The Labute approximate surface area is 90.5 Å². The Hall–Kier alpha value is -0.910. The zero-order valence-electron chi connectivity index (χ0n) is 9.43. The van der Waals surface area contributed by atoms with E-state index in [9.17, 15) is 0 Å². The molecule has 0 spiro atoms. The van der Waals surface area contributed by atoms with Gasteiger partial charge in [0.25, 0.3) is 0 Å². The van der Waals surface area contributed by atoms with Crippen molar-refractivity contribution >= 4 is 0 Å². The van der Waals surface area contributed by atoms with E-state index in [0.29, 0.717) is 0 Å². The maximum Gasteiger partial charge on any atom is 0.0949 e. The predicted molar refractivity (Wildman–Crippen MR) is 59.4 cm³/mol. The molecule has 5 heteroatoms. The summed E-state index contributed by atoms with van der Waals surface area (Å²) in [6, 6.07) is -0.334. The quantitative estimate of drug-likeness (QED) is 0.687. The summed E-state index contributed by atoms with van der Waals surface area (Å²) in [4.78, 5) is 6.26. The van der Waals surface area contributed by atoms with Crippen LogP contribution in [0.1, 0.15) is 18.7 Å². The highest BCUT2D eigenvalue weighted by molar-refractivity contribution is 5.04. The van der Waals surface area contributed by atoms with E-state index in [2.05, 4.69) is 23.9 Å². The van der Waals surface area contributed by atoms with E-state index in [1.54, 1.807) is 12.5 Å².